The van der Waals surface area contributed by atoms with Crippen molar-refractivity contribution in [3.8, 4) is 5.75 Å². The van der Waals surface area contributed by atoms with Gasteiger partial charge in [0.15, 0.2) is 0 Å². The molecule has 0 saturated carbocycles. The van der Waals surface area contributed by atoms with Crippen molar-refractivity contribution in [3.05, 3.63) is 60.2 Å². The SMILES string of the molecule is CCCCCCCCC(F)COc1ccc(N2C[C@@H](c3ccccc3)OC2=O)cc1. The van der Waals surface area contributed by atoms with Crippen molar-refractivity contribution < 1.29 is 18.7 Å². The number of unbranched alkanes of at least 4 members (excludes halogenated alkanes) is 5. The van der Waals surface area contributed by atoms with Gasteiger partial charge < -0.3 is 9.47 Å². The molecule has 5 heteroatoms. The lowest BCUT2D eigenvalue weighted by Gasteiger charge is -2.15. The van der Waals surface area contributed by atoms with E-state index in [-0.39, 0.29) is 18.8 Å². The molecule has 2 aromatic carbocycles. The first-order valence-corrected chi connectivity index (χ1v) is 11.1. The minimum absolute atomic E-state index is 0.0656. The van der Waals surface area contributed by atoms with Crippen LogP contribution in [0.1, 0.15) is 63.5 Å². The van der Waals surface area contributed by atoms with Crippen LogP contribution in [0.4, 0.5) is 14.9 Å². The Hall–Kier alpha value is -2.56. The summed E-state index contributed by atoms with van der Waals surface area (Å²) >= 11 is 0. The standard InChI is InChI=1S/C25H32FNO3/c1-2-3-4-5-6-10-13-21(26)19-29-23-16-14-22(15-17-23)27-18-24(30-25(27)28)20-11-8-7-9-12-20/h7-9,11-12,14-17,21,24H,2-6,10,13,18-19H2,1H3/t21?,24-/m0/s1. The van der Waals surface area contributed by atoms with Crippen LogP contribution in [0.5, 0.6) is 5.75 Å². The molecule has 1 aliphatic rings. The summed E-state index contributed by atoms with van der Waals surface area (Å²) in [7, 11) is 0. The fourth-order valence-electron chi connectivity index (χ4n) is 3.65. The highest BCUT2D eigenvalue weighted by Crippen LogP contribution is 2.31. The van der Waals surface area contributed by atoms with Crippen LogP contribution in [-0.2, 0) is 4.74 Å². The molecule has 1 aliphatic heterocycles. The summed E-state index contributed by atoms with van der Waals surface area (Å²) in [4.78, 5) is 13.9. The van der Waals surface area contributed by atoms with Crippen molar-refractivity contribution in [2.45, 2.75) is 64.1 Å². The van der Waals surface area contributed by atoms with Gasteiger partial charge in [0.05, 0.1) is 6.54 Å². The van der Waals surface area contributed by atoms with Gasteiger partial charge in [-0.25, -0.2) is 9.18 Å². The van der Waals surface area contributed by atoms with Crippen LogP contribution in [0.3, 0.4) is 0 Å². The van der Waals surface area contributed by atoms with Crippen LogP contribution < -0.4 is 9.64 Å². The first-order valence-electron chi connectivity index (χ1n) is 11.1. The Labute approximate surface area is 179 Å². The summed E-state index contributed by atoms with van der Waals surface area (Å²) in [6.07, 6.45) is 5.88. The average molecular weight is 414 g/mol. The van der Waals surface area contributed by atoms with Gasteiger partial charge in [-0.15, -0.1) is 0 Å². The number of ether oxygens (including phenoxy) is 2. The summed E-state index contributed by atoms with van der Waals surface area (Å²) in [5, 5.41) is 0. The number of carbonyl (C=O) groups excluding carboxylic acids is 1. The third-order valence-corrected chi connectivity index (χ3v) is 5.43. The van der Waals surface area contributed by atoms with Crippen LogP contribution >= 0.6 is 0 Å². The van der Waals surface area contributed by atoms with Gasteiger partial charge in [0.25, 0.3) is 0 Å². The highest BCUT2D eigenvalue weighted by atomic mass is 19.1. The van der Waals surface area contributed by atoms with Crippen LogP contribution in [0.2, 0.25) is 0 Å². The number of rotatable bonds is 12. The number of nitrogens with zero attached hydrogens (tertiary/aromatic N) is 1. The van der Waals surface area contributed by atoms with Crippen molar-refractivity contribution >= 4 is 11.8 Å². The number of anilines is 1. The van der Waals surface area contributed by atoms with Gasteiger partial charge in [-0.2, -0.15) is 0 Å². The van der Waals surface area contributed by atoms with E-state index in [4.69, 9.17) is 9.47 Å². The number of alkyl halides is 1. The van der Waals surface area contributed by atoms with E-state index in [9.17, 15) is 9.18 Å². The highest BCUT2D eigenvalue weighted by molar-refractivity contribution is 5.89. The largest absolute Gasteiger partial charge is 0.491 e. The van der Waals surface area contributed by atoms with Gasteiger partial charge in [0.1, 0.15) is 24.6 Å². The number of hydrogen-bond donors (Lipinski definition) is 0. The molecule has 0 aliphatic carbocycles. The zero-order valence-electron chi connectivity index (χ0n) is 17.8. The van der Waals surface area contributed by atoms with Gasteiger partial charge in [-0.1, -0.05) is 75.8 Å². The van der Waals surface area contributed by atoms with Crippen molar-refractivity contribution in [1.29, 1.82) is 0 Å². The lowest BCUT2D eigenvalue weighted by molar-refractivity contribution is 0.142. The molecule has 0 spiro atoms. The molecule has 1 saturated heterocycles. The maximum absolute atomic E-state index is 14.0. The van der Waals surface area contributed by atoms with Gasteiger partial charge in [-0.3, -0.25) is 4.90 Å². The molecule has 2 atom stereocenters. The van der Waals surface area contributed by atoms with Crippen LogP contribution in [0, 0.1) is 0 Å². The normalized spacial score (nSPS) is 17.1. The topological polar surface area (TPSA) is 38.8 Å². The van der Waals surface area contributed by atoms with Crippen molar-refractivity contribution in [2.24, 2.45) is 0 Å². The predicted octanol–water partition coefficient (Wildman–Crippen LogP) is 6.85. The first kappa shape index (κ1) is 22.1. The molecule has 1 fully saturated rings. The zero-order valence-corrected chi connectivity index (χ0v) is 17.8. The number of hydrogen-bond acceptors (Lipinski definition) is 3. The molecule has 0 aromatic heterocycles. The first-order chi connectivity index (χ1) is 14.7. The fourth-order valence-corrected chi connectivity index (χ4v) is 3.65. The fraction of sp³-hybridized carbons (Fsp3) is 0.480. The summed E-state index contributed by atoms with van der Waals surface area (Å²) < 4.78 is 25.1. The number of amides is 1. The molecule has 2 aromatic rings. The number of halogens is 1. The summed E-state index contributed by atoms with van der Waals surface area (Å²) in [5.74, 6) is 0.608. The Morgan fingerprint density at radius 2 is 1.73 bits per heavy atom. The number of benzene rings is 2. The third-order valence-electron chi connectivity index (χ3n) is 5.43. The maximum atomic E-state index is 14.0. The molecule has 4 nitrogen and oxygen atoms in total. The van der Waals surface area contributed by atoms with Crippen LogP contribution in [-0.4, -0.2) is 25.4 Å². The lowest BCUT2D eigenvalue weighted by atomic mass is 10.1. The second-order valence-corrected chi connectivity index (χ2v) is 7.85. The summed E-state index contributed by atoms with van der Waals surface area (Å²) in [5.41, 5.74) is 1.72. The number of cyclic esters (lactones) is 1. The molecule has 0 N–H and O–H groups in total. The van der Waals surface area contributed by atoms with Crippen LogP contribution in [0.15, 0.2) is 54.6 Å². The Balaban J connectivity index is 1.42. The van der Waals surface area contributed by atoms with E-state index in [2.05, 4.69) is 6.92 Å². The van der Waals surface area contributed by atoms with Gasteiger partial charge in [0.2, 0.25) is 0 Å². The Kier molecular flexibility index (Phi) is 8.54. The van der Waals surface area contributed by atoms with Crippen LogP contribution in [0.25, 0.3) is 0 Å². The summed E-state index contributed by atoms with van der Waals surface area (Å²) in [6.45, 7) is 2.73. The molecule has 0 bridgehead atoms. The molecule has 1 heterocycles. The molecule has 0 radical (unpaired) electrons. The quantitative estimate of drug-likeness (QED) is 0.357. The van der Waals surface area contributed by atoms with E-state index in [0.717, 1.165) is 24.1 Å². The van der Waals surface area contributed by atoms with E-state index >= 15 is 0 Å². The maximum Gasteiger partial charge on any atom is 0.415 e. The van der Waals surface area contributed by atoms with E-state index in [0.29, 0.717) is 18.7 Å². The van der Waals surface area contributed by atoms with E-state index in [1.807, 2.05) is 42.5 Å². The van der Waals surface area contributed by atoms with Gasteiger partial charge in [0, 0.05) is 5.69 Å². The zero-order chi connectivity index (χ0) is 21.2. The van der Waals surface area contributed by atoms with Crippen molar-refractivity contribution in [1.82, 2.24) is 0 Å². The van der Waals surface area contributed by atoms with Gasteiger partial charge in [-0.05, 0) is 36.2 Å². The molecular weight excluding hydrogens is 381 g/mol. The predicted molar refractivity (Wildman–Crippen MR) is 118 cm³/mol. The second kappa shape index (κ2) is 11.6. The molecule has 30 heavy (non-hydrogen) atoms. The highest BCUT2D eigenvalue weighted by Gasteiger charge is 2.33. The molecular formula is C25H32FNO3. The van der Waals surface area contributed by atoms with Gasteiger partial charge >= 0.3 is 6.09 Å². The lowest BCUT2D eigenvalue weighted by Crippen LogP contribution is -2.23. The van der Waals surface area contributed by atoms with Crippen molar-refractivity contribution in [2.75, 3.05) is 18.1 Å². The van der Waals surface area contributed by atoms with E-state index in [1.165, 1.54) is 25.7 Å². The van der Waals surface area contributed by atoms with E-state index < -0.39 is 6.17 Å². The number of carbonyl (C=O) groups is 1. The molecule has 1 unspecified atom stereocenters. The molecule has 162 valence electrons. The average Bonchev–Trinajstić information content (AvgIpc) is 3.17. The smallest absolute Gasteiger partial charge is 0.415 e. The second-order valence-electron chi connectivity index (χ2n) is 7.85. The third kappa shape index (κ3) is 6.48. The van der Waals surface area contributed by atoms with E-state index in [1.54, 1.807) is 17.0 Å². The minimum atomic E-state index is -0.948. The minimum Gasteiger partial charge on any atom is -0.491 e. The molecule has 1 amide bonds. The monoisotopic (exact) mass is 413 g/mol. The molecule has 3 rings (SSSR count). The Bertz CT molecular complexity index is 766. The Morgan fingerprint density at radius 1 is 1.03 bits per heavy atom. The Morgan fingerprint density at radius 3 is 2.47 bits per heavy atom. The summed E-state index contributed by atoms with van der Waals surface area (Å²) in [6, 6.07) is 16.9. The van der Waals surface area contributed by atoms with Crippen molar-refractivity contribution in [3.63, 3.8) is 0 Å².